The van der Waals surface area contributed by atoms with Crippen LogP contribution in [0.2, 0.25) is 0 Å². The Morgan fingerprint density at radius 2 is 2.27 bits per heavy atom. The zero-order valence-corrected chi connectivity index (χ0v) is 15.4. The normalized spacial score (nSPS) is 20.2. The Kier molecular flexibility index (Phi) is 5.51. The minimum Gasteiger partial charge on any atom is -0.386 e. The van der Waals surface area contributed by atoms with Crippen molar-refractivity contribution in [3.05, 3.63) is 36.5 Å². The van der Waals surface area contributed by atoms with E-state index in [4.69, 9.17) is 0 Å². The highest BCUT2D eigenvalue weighted by Crippen LogP contribution is 2.25. The molecule has 1 atom stereocenters. The molecule has 3 heterocycles. The van der Waals surface area contributed by atoms with Gasteiger partial charge in [0.05, 0.1) is 18.3 Å². The number of aliphatic hydroxyl groups is 1. The van der Waals surface area contributed by atoms with E-state index in [2.05, 4.69) is 22.0 Å². The molecule has 1 fully saturated rings. The number of amides is 1. The Hall–Kier alpha value is -2.48. The summed E-state index contributed by atoms with van der Waals surface area (Å²) in [5.74, 6) is 0.572. The number of rotatable bonds is 6. The molecular formula is C18H26N6O2. The third-order valence-corrected chi connectivity index (χ3v) is 4.62. The first-order valence-electron chi connectivity index (χ1n) is 9.03. The number of aromatic nitrogens is 4. The van der Waals surface area contributed by atoms with Crippen LogP contribution in [0.25, 0.3) is 0 Å². The number of hydrogen-bond donors (Lipinski definition) is 1. The number of carbonyl (C=O) groups excluding carboxylic acids is 1. The predicted molar refractivity (Wildman–Crippen MR) is 97.9 cm³/mol. The van der Waals surface area contributed by atoms with E-state index in [0.717, 1.165) is 31.7 Å². The molecule has 3 rings (SSSR count). The molecule has 0 radical (unpaired) electrons. The summed E-state index contributed by atoms with van der Waals surface area (Å²) in [4.78, 5) is 24.6. The average molecular weight is 358 g/mol. The van der Waals surface area contributed by atoms with Gasteiger partial charge in [-0.15, -0.1) is 0 Å². The van der Waals surface area contributed by atoms with E-state index >= 15 is 0 Å². The number of β-amino-alcohol motifs (C(OH)–C–C–N with tert-alkyl or cyclic N) is 1. The number of aryl methyl sites for hydroxylation is 1. The van der Waals surface area contributed by atoms with Crippen molar-refractivity contribution in [2.75, 3.05) is 31.6 Å². The van der Waals surface area contributed by atoms with Gasteiger partial charge in [-0.25, -0.2) is 4.98 Å². The summed E-state index contributed by atoms with van der Waals surface area (Å²) in [5.41, 5.74) is -0.572. The summed E-state index contributed by atoms with van der Waals surface area (Å²) in [7, 11) is 1.71. The van der Waals surface area contributed by atoms with Crippen LogP contribution < -0.4 is 4.90 Å². The van der Waals surface area contributed by atoms with Crippen molar-refractivity contribution < 1.29 is 9.90 Å². The van der Waals surface area contributed by atoms with Gasteiger partial charge in [0, 0.05) is 45.3 Å². The first-order chi connectivity index (χ1) is 12.5. The standard InChI is InChI=1S/C18H26N6O2/c1-3-9-24-11-5-15(21-24)17(25)22(2)13-18(26)6-4-10-23(14-18)16-12-19-7-8-20-16/h5,7-8,11-12,26H,3-4,6,9-10,13-14H2,1-2H3/t18-/m0/s1. The number of likely N-dealkylation sites (N-methyl/N-ethyl adjacent to an activating group) is 1. The quantitative estimate of drug-likeness (QED) is 0.834. The van der Waals surface area contributed by atoms with Crippen molar-refractivity contribution in [3.8, 4) is 0 Å². The van der Waals surface area contributed by atoms with Gasteiger partial charge in [0.15, 0.2) is 0 Å². The van der Waals surface area contributed by atoms with Gasteiger partial charge in [0.2, 0.25) is 0 Å². The van der Waals surface area contributed by atoms with Crippen LogP contribution in [-0.4, -0.2) is 67.9 Å². The number of hydrogen-bond acceptors (Lipinski definition) is 6. The smallest absolute Gasteiger partial charge is 0.274 e. The first-order valence-corrected chi connectivity index (χ1v) is 9.03. The summed E-state index contributed by atoms with van der Waals surface area (Å²) in [6.07, 6.45) is 9.22. The van der Waals surface area contributed by atoms with Gasteiger partial charge in [-0.2, -0.15) is 5.10 Å². The topological polar surface area (TPSA) is 87.4 Å². The third-order valence-electron chi connectivity index (χ3n) is 4.62. The Balaban J connectivity index is 1.65. The van der Waals surface area contributed by atoms with E-state index in [1.54, 1.807) is 41.3 Å². The van der Waals surface area contributed by atoms with E-state index in [1.807, 2.05) is 11.1 Å². The summed E-state index contributed by atoms with van der Waals surface area (Å²) < 4.78 is 1.77. The fourth-order valence-corrected chi connectivity index (χ4v) is 3.43. The molecule has 1 aliphatic heterocycles. The highest BCUT2D eigenvalue weighted by molar-refractivity contribution is 5.92. The molecule has 2 aromatic heterocycles. The molecule has 0 aromatic carbocycles. The lowest BCUT2D eigenvalue weighted by Crippen LogP contribution is -2.55. The summed E-state index contributed by atoms with van der Waals surface area (Å²) in [6.45, 7) is 4.35. The molecule has 0 spiro atoms. The SMILES string of the molecule is CCCn1ccc(C(=O)N(C)C[C@@]2(O)CCCN(c3cnccn3)C2)n1. The van der Waals surface area contributed by atoms with Crippen LogP contribution in [0.3, 0.4) is 0 Å². The summed E-state index contributed by atoms with van der Waals surface area (Å²) >= 11 is 0. The lowest BCUT2D eigenvalue weighted by atomic mass is 9.92. The van der Waals surface area contributed by atoms with Crippen molar-refractivity contribution in [2.45, 2.75) is 38.3 Å². The maximum atomic E-state index is 12.6. The molecule has 0 bridgehead atoms. The van der Waals surface area contributed by atoms with Crippen molar-refractivity contribution >= 4 is 11.7 Å². The molecule has 26 heavy (non-hydrogen) atoms. The largest absolute Gasteiger partial charge is 0.386 e. The van der Waals surface area contributed by atoms with Gasteiger partial charge in [-0.1, -0.05) is 6.92 Å². The number of anilines is 1. The van der Waals surface area contributed by atoms with Crippen molar-refractivity contribution in [3.63, 3.8) is 0 Å². The second-order valence-corrected chi connectivity index (χ2v) is 6.94. The number of piperidine rings is 1. The average Bonchev–Trinajstić information content (AvgIpc) is 3.10. The Bertz CT molecular complexity index is 734. The van der Waals surface area contributed by atoms with Crippen LogP contribution in [0, 0.1) is 0 Å². The first kappa shape index (κ1) is 18.3. The van der Waals surface area contributed by atoms with Crippen LogP contribution in [-0.2, 0) is 6.54 Å². The zero-order chi connectivity index (χ0) is 18.6. The van der Waals surface area contributed by atoms with Crippen LogP contribution in [0.4, 0.5) is 5.82 Å². The fraction of sp³-hybridized carbons (Fsp3) is 0.556. The minimum absolute atomic E-state index is 0.176. The van der Waals surface area contributed by atoms with E-state index < -0.39 is 5.60 Å². The van der Waals surface area contributed by atoms with Crippen LogP contribution >= 0.6 is 0 Å². The van der Waals surface area contributed by atoms with Crippen LogP contribution in [0.5, 0.6) is 0 Å². The lowest BCUT2D eigenvalue weighted by molar-refractivity contribution is -0.000309. The van der Waals surface area contributed by atoms with Crippen molar-refractivity contribution in [1.29, 1.82) is 0 Å². The van der Waals surface area contributed by atoms with Crippen LogP contribution in [0.1, 0.15) is 36.7 Å². The van der Waals surface area contributed by atoms with E-state index in [9.17, 15) is 9.90 Å². The van der Waals surface area contributed by atoms with E-state index in [0.29, 0.717) is 18.7 Å². The van der Waals surface area contributed by atoms with Gasteiger partial charge in [0.25, 0.3) is 5.91 Å². The molecule has 8 nitrogen and oxygen atoms in total. The van der Waals surface area contributed by atoms with Crippen LogP contribution in [0.15, 0.2) is 30.9 Å². The maximum Gasteiger partial charge on any atom is 0.274 e. The van der Waals surface area contributed by atoms with Gasteiger partial charge in [0.1, 0.15) is 11.5 Å². The van der Waals surface area contributed by atoms with E-state index in [1.165, 1.54) is 0 Å². The molecule has 1 amide bonds. The summed E-state index contributed by atoms with van der Waals surface area (Å²) in [6, 6.07) is 1.73. The van der Waals surface area contributed by atoms with Gasteiger partial charge in [-0.3, -0.25) is 14.5 Å². The second kappa shape index (κ2) is 7.82. The molecule has 0 unspecified atom stereocenters. The fourth-order valence-electron chi connectivity index (χ4n) is 3.43. The molecule has 1 aliphatic rings. The second-order valence-electron chi connectivity index (χ2n) is 6.94. The maximum absolute atomic E-state index is 12.6. The molecular weight excluding hydrogens is 332 g/mol. The Morgan fingerprint density at radius 3 is 3.00 bits per heavy atom. The number of carbonyl (C=O) groups is 1. The van der Waals surface area contributed by atoms with Crippen molar-refractivity contribution in [1.82, 2.24) is 24.6 Å². The monoisotopic (exact) mass is 358 g/mol. The van der Waals surface area contributed by atoms with Gasteiger partial charge < -0.3 is 14.9 Å². The zero-order valence-electron chi connectivity index (χ0n) is 15.4. The molecule has 140 valence electrons. The molecule has 8 heteroatoms. The molecule has 1 N–H and O–H groups in total. The van der Waals surface area contributed by atoms with Gasteiger partial charge >= 0.3 is 0 Å². The third kappa shape index (κ3) is 4.19. The molecule has 2 aromatic rings. The minimum atomic E-state index is -0.980. The Labute approximate surface area is 153 Å². The van der Waals surface area contributed by atoms with Crippen molar-refractivity contribution in [2.24, 2.45) is 0 Å². The molecule has 0 saturated carbocycles. The lowest BCUT2D eigenvalue weighted by Gasteiger charge is -2.41. The van der Waals surface area contributed by atoms with Gasteiger partial charge in [-0.05, 0) is 25.3 Å². The highest BCUT2D eigenvalue weighted by atomic mass is 16.3. The highest BCUT2D eigenvalue weighted by Gasteiger charge is 2.36. The number of nitrogens with zero attached hydrogens (tertiary/aromatic N) is 6. The molecule has 0 aliphatic carbocycles. The Morgan fingerprint density at radius 1 is 1.42 bits per heavy atom. The van der Waals surface area contributed by atoms with E-state index in [-0.39, 0.29) is 12.5 Å². The summed E-state index contributed by atoms with van der Waals surface area (Å²) in [5, 5.41) is 15.4. The predicted octanol–water partition coefficient (Wildman–Crippen LogP) is 1.19. The molecule has 1 saturated heterocycles.